The van der Waals surface area contributed by atoms with E-state index in [0.29, 0.717) is 22.4 Å². The third kappa shape index (κ3) is 6.24. The minimum absolute atomic E-state index is 0.0937. The minimum atomic E-state index is 0.0937. The van der Waals surface area contributed by atoms with Crippen LogP contribution in [-0.4, -0.2) is 70.5 Å². The van der Waals surface area contributed by atoms with E-state index in [2.05, 4.69) is 16.7 Å². The smallest absolute Gasteiger partial charge is 0.260 e. The number of fused-ring (bicyclic) bond motifs is 1. The molecule has 2 saturated heterocycles. The summed E-state index contributed by atoms with van der Waals surface area (Å²) in [6.45, 7) is 7.31. The first kappa shape index (κ1) is 26.3. The van der Waals surface area contributed by atoms with Gasteiger partial charge in [-0.2, -0.15) is 0 Å². The van der Waals surface area contributed by atoms with Crippen LogP contribution in [-0.2, 0) is 11.3 Å². The van der Waals surface area contributed by atoms with Gasteiger partial charge in [-0.25, -0.2) is 0 Å². The van der Waals surface area contributed by atoms with Gasteiger partial charge in [0.1, 0.15) is 0 Å². The highest BCUT2D eigenvalue weighted by Crippen LogP contribution is 2.42. The lowest BCUT2D eigenvalue weighted by Gasteiger charge is -2.44. The van der Waals surface area contributed by atoms with Crippen LogP contribution in [0.1, 0.15) is 60.5 Å². The molecule has 2 atom stereocenters. The number of thioether (sulfide) groups is 1. The first-order valence-electron chi connectivity index (χ1n) is 13.6. The second-order valence-corrected chi connectivity index (χ2v) is 12.1. The van der Waals surface area contributed by atoms with Crippen LogP contribution in [0, 0.1) is 0 Å². The Kier molecular flexibility index (Phi) is 8.58. The quantitative estimate of drug-likeness (QED) is 0.428. The van der Waals surface area contributed by atoms with E-state index in [0.717, 1.165) is 68.0 Å². The Morgan fingerprint density at radius 2 is 1.81 bits per heavy atom. The molecule has 0 aromatic heterocycles. The molecule has 0 radical (unpaired) electrons. The Balaban J connectivity index is 1.30. The number of carbonyl (C=O) groups excluding carboxylic acids is 2. The zero-order valence-corrected chi connectivity index (χ0v) is 23.1. The summed E-state index contributed by atoms with van der Waals surface area (Å²) in [5.41, 5.74) is 2.73. The van der Waals surface area contributed by atoms with Crippen molar-refractivity contribution in [1.29, 1.82) is 0 Å². The molecule has 3 fully saturated rings. The van der Waals surface area contributed by atoms with Gasteiger partial charge in [0.2, 0.25) is 0 Å². The predicted molar refractivity (Wildman–Crippen MR) is 153 cm³/mol. The molecule has 2 aromatic rings. The van der Waals surface area contributed by atoms with E-state index in [1.807, 2.05) is 59.5 Å². The summed E-state index contributed by atoms with van der Waals surface area (Å²) in [6.07, 6.45) is 7.71. The monoisotopic (exact) mass is 537 g/mol. The normalized spacial score (nSPS) is 23.8. The lowest BCUT2D eigenvalue weighted by atomic mass is 9.92. The molecule has 5 nitrogen and oxygen atoms in total. The van der Waals surface area contributed by atoms with Gasteiger partial charge in [-0.3, -0.25) is 14.5 Å². The van der Waals surface area contributed by atoms with Crippen molar-refractivity contribution in [2.24, 2.45) is 0 Å². The van der Waals surface area contributed by atoms with Crippen molar-refractivity contribution in [3.63, 3.8) is 0 Å². The van der Waals surface area contributed by atoms with Crippen molar-refractivity contribution in [2.45, 2.75) is 56.9 Å². The summed E-state index contributed by atoms with van der Waals surface area (Å²) in [5, 5.41) is 1.12. The Hall–Kier alpha value is -2.28. The maximum atomic E-state index is 13.7. The minimum Gasteiger partial charge on any atom is -0.336 e. The fourth-order valence-electron chi connectivity index (χ4n) is 5.74. The van der Waals surface area contributed by atoms with Gasteiger partial charge < -0.3 is 9.80 Å². The van der Waals surface area contributed by atoms with E-state index in [4.69, 9.17) is 11.6 Å². The fraction of sp³-hybridized carbons (Fsp3) is 0.467. The molecule has 1 aliphatic carbocycles. The molecule has 196 valence electrons. The molecule has 2 aliphatic heterocycles. The molecule has 2 amide bonds. The van der Waals surface area contributed by atoms with Crippen molar-refractivity contribution in [1.82, 2.24) is 14.7 Å². The van der Waals surface area contributed by atoms with Gasteiger partial charge in [-0.05, 0) is 67.3 Å². The van der Waals surface area contributed by atoms with Gasteiger partial charge in [0.15, 0.2) is 0 Å². The zero-order valence-electron chi connectivity index (χ0n) is 21.6. The van der Waals surface area contributed by atoms with E-state index in [1.54, 1.807) is 11.8 Å². The summed E-state index contributed by atoms with van der Waals surface area (Å²) in [4.78, 5) is 33.9. The van der Waals surface area contributed by atoms with Gasteiger partial charge in [0, 0.05) is 54.6 Å². The van der Waals surface area contributed by atoms with Gasteiger partial charge in [-0.15, -0.1) is 11.8 Å². The van der Waals surface area contributed by atoms with Crippen LogP contribution < -0.4 is 0 Å². The number of hydrogen-bond acceptors (Lipinski definition) is 4. The predicted octanol–water partition coefficient (Wildman–Crippen LogP) is 5.94. The molecule has 0 bridgehead atoms. The Morgan fingerprint density at radius 1 is 1.05 bits per heavy atom. The van der Waals surface area contributed by atoms with Gasteiger partial charge in [0.25, 0.3) is 11.8 Å². The number of amides is 2. The third-order valence-electron chi connectivity index (χ3n) is 7.71. The summed E-state index contributed by atoms with van der Waals surface area (Å²) in [6, 6.07) is 15.8. The molecule has 37 heavy (non-hydrogen) atoms. The van der Waals surface area contributed by atoms with Crippen LogP contribution in [0.5, 0.6) is 0 Å². The fourth-order valence-corrected chi connectivity index (χ4v) is 7.43. The molecule has 2 aromatic carbocycles. The van der Waals surface area contributed by atoms with Crippen LogP contribution in [0.2, 0.25) is 5.02 Å². The standard InChI is InChI=1S/C30H36ClN3O2S/c1-2-14-32-15-17-33(18-16-32)29(35)24-12-10-22(11-13-24)20-28-30(36)34(21-23-6-5-7-25(31)19-23)26-8-3-4-9-27(26)37-28/h5-7,10-13,19-20,26-27H,2-4,8-9,14-18,21H2,1H3/b28-20+. The van der Waals surface area contributed by atoms with Crippen molar-refractivity contribution < 1.29 is 9.59 Å². The molecule has 5 rings (SSSR count). The van der Waals surface area contributed by atoms with Crippen LogP contribution >= 0.6 is 23.4 Å². The van der Waals surface area contributed by atoms with E-state index in [-0.39, 0.29) is 17.9 Å². The number of piperazine rings is 1. The van der Waals surface area contributed by atoms with E-state index >= 15 is 0 Å². The van der Waals surface area contributed by atoms with Crippen LogP contribution in [0.15, 0.2) is 53.4 Å². The Morgan fingerprint density at radius 3 is 2.54 bits per heavy atom. The van der Waals surface area contributed by atoms with Gasteiger partial charge >= 0.3 is 0 Å². The first-order valence-corrected chi connectivity index (χ1v) is 14.8. The van der Waals surface area contributed by atoms with Crippen LogP contribution in [0.25, 0.3) is 6.08 Å². The highest BCUT2D eigenvalue weighted by Gasteiger charge is 2.40. The SMILES string of the molecule is CCCN1CCN(C(=O)c2ccc(/C=C3/SC4CCCCC4N(Cc4cccc(Cl)c4)C3=O)cc2)CC1. The van der Waals surface area contributed by atoms with E-state index in [9.17, 15) is 9.59 Å². The number of hydrogen-bond donors (Lipinski definition) is 0. The molecule has 2 unspecified atom stereocenters. The molecule has 0 spiro atoms. The highest BCUT2D eigenvalue weighted by molar-refractivity contribution is 8.04. The lowest BCUT2D eigenvalue weighted by molar-refractivity contribution is -0.130. The van der Waals surface area contributed by atoms with Crippen molar-refractivity contribution in [2.75, 3.05) is 32.7 Å². The first-order chi connectivity index (χ1) is 18.0. The number of halogens is 1. The van der Waals surface area contributed by atoms with E-state index in [1.165, 1.54) is 12.8 Å². The summed E-state index contributed by atoms with van der Waals surface area (Å²) in [7, 11) is 0. The zero-order chi connectivity index (χ0) is 25.8. The van der Waals surface area contributed by atoms with Gasteiger partial charge in [-0.1, -0.05) is 55.6 Å². The number of benzene rings is 2. The third-order valence-corrected chi connectivity index (χ3v) is 9.35. The highest BCUT2D eigenvalue weighted by atomic mass is 35.5. The Bertz CT molecular complexity index is 1140. The average Bonchev–Trinajstić information content (AvgIpc) is 2.92. The average molecular weight is 538 g/mol. The number of nitrogens with zero attached hydrogens (tertiary/aromatic N) is 3. The second kappa shape index (κ2) is 12.1. The number of carbonyl (C=O) groups is 2. The van der Waals surface area contributed by atoms with Crippen molar-refractivity contribution >= 4 is 41.3 Å². The van der Waals surface area contributed by atoms with Gasteiger partial charge in [0.05, 0.1) is 4.91 Å². The van der Waals surface area contributed by atoms with Crippen LogP contribution in [0.4, 0.5) is 0 Å². The summed E-state index contributed by atoms with van der Waals surface area (Å²) in [5.74, 6) is 0.189. The second-order valence-electron chi connectivity index (χ2n) is 10.3. The maximum Gasteiger partial charge on any atom is 0.260 e. The molecule has 0 N–H and O–H groups in total. The molecule has 1 saturated carbocycles. The molecule has 3 aliphatic rings. The molecular weight excluding hydrogens is 502 g/mol. The largest absolute Gasteiger partial charge is 0.336 e. The Labute approximate surface area is 229 Å². The number of rotatable bonds is 6. The van der Waals surface area contributed by atoms with Crippen LogP contribution in [0.3, 0.4) is 0 Å². The topological polar surface area (TPSA) is 43.9 Å². The summed E-state index contributed by atoms with van der Waals surface area (Å²) < 4.78 is 0. The summed E-state index contributed by atoms with van der Waals surface area (Å²) >= 11 is 7.97. The maximum absolute atomic E-state index is 13.7. The molecule has 7 heteroatoms. The lowest BCUT2D eigenvalue weighted by Crippen LogP contribution is -2.50. The molecular formula is C30H36ClN3O2S. The van der Waals surface area contributed by atoms with Crippen molar-refractivity contribution in [3.8, 4) is 0 Å². The molecule has 2 heterocycles. The van der Waals surface area contributed by atoms with E-state index < -0.39 is 0 Å². The van der Waals surface area contributed by atoms with Crippen molar-refractivity contribution in [3.05, 3.63) is 75.1 Å².